The molecule has 29 heavy (non-hydrogen) atoms. The zero-order valence-corrected chi connectivity index (χ0v) is 16.5. The molecule has 2 aromatic carbocycles. The molecular weight excluding hydrogens is 412 g/mol. The predicted octanol–water partition coefficient (Wildman–Crippen LogP) is 5.44. The quantitative estimate of drug-likeness (QED) is 0.606. The van der Waals surface area contributed by atoms with Crippen molar-refractivity contribution in [1.82, 2.24) is 9.97 Å². The van der Waals surface area contributed by atoms with E-state index < -0.39 is 0 Å². The molecule has 0 amide bonds. The molecule has 1 N–H and O–H groups in total. The minimum atomic E-state index is -0.364. The number of aromatic nitrogens is 2. The molecule has 0 saturated carbocycles. The number of amidine groups is 1. The third kappa shape index (κ3) is 3.24. The van der Waals surface area contributed by atoms with E-state index in [1.54, 1.807) is 36.5 Å². The number of aliphatic imine (C=N–C) groups is 1. The van der Waals surface area contributed by atoms with E-state index in [4.69, 9.17) is 23.2 Å². The Morgan fingerprint density at radius 2 is 1.97 bits per heavy atom. The van der Waals surface area contributed by atoms with Gasteiger partial charge in [0.25, 0.3) is 0 Å². The highest BCUT2D eigenvalue weighted by Gasteiger charge is 2.31. The number of halogens is 3. The molecule has 0 saturated heterocycles. The number of hydrogen-bond donors (Lipinski definition) is 1. The SMILES string of the molecule is Fc1ccccc1Nc1ncc2c(n1)N1CCN=C1C(c1ccc(Cl)cc1Cl)=C2. The number of hydrogen-bond acceptors (Lipinski definition) is 5. The largest absolute Gasteiger partial charge is 0.322 e. The maximum Gasteiger partial charge on any atom is 0.229 e. The highest BCUT2D eigenvalue weighted by Crippen LogP contribution is 2.38. The fraction of sp³-hybridized carbons (Fsp3) is 0.0952. The van der Waals surface area contributed by atoms with Gasteiger partial charge in [-0.15, -0.1) is 0 Å². The summed E-state index contributed by atoms with van der Waals surface area (Å²) in [4.78, 5) is 15.6. The van der Waals surface area contributed by atoms with E-state index in [0.29, 0.717) is 34.8 Å². The van der Waals surface area contributed by atoms with E-state index >= 15 is 0 Å². The summed E-state index contributed by atoms with van der Waals surface area (Å²) < 4.78 is 14.0. The highest BCUT2D eigenvalue weighted by molar-refractivity contribution is 6.41. The van der Waals surface area contributed by atoms with Gasteiger partial charge in [0.1, 0.15) is 17.5 Å². The van der Waals surface area contributed by atoms with Gasteiger partial charge >= 0.3 is 0 Å². The first kappa shape index (κ1) is 18.1. The summed E-state index contributed by atoms with van der Waals surface area (Å²) in [5.41, 5.74) is 2.91. The number of rotatable bonds is 3. The van der Waals surface area contributed by atoms with E-state index in [2.05, 4.69) is 20.3 Å². The van der Waals surface area contributed by atoms with Crippen LogP contribution in [0.4, 0.5) is 21.8 Å². The van der Waals surface area contributed by atoms with Crippen LogP contribution in [0.3, 0.4) is 0 Å². The zero-order valence-electron chi connectivity index (χ0n) is 15.0. The Morgan fingerprint density at radius 3 is 2.79 bits per heavy atom. The molecule has 2 aliphatic heterocycles. The molecule has 8 heteroatoms. The highest BCUT2D eigenvalue weighted by atomic mass is 35.5. The molecule has 1 aromatic heterocycles. The Bertz CT molecular complexity index is 1190. The van der Waals surface area contributed by atoms with Crippen molar-refractivity contribution >= 4 is 58.1 Å². The summed E-state index contributed by atoms with van der Waals surface area (Å²) in [5, 5.41) is 4.07. The summed E-state index contributed by atoms with van der Waals surface area (Å²) in [6, 6.07) is 11.8. The van der Waals surface area contributed by atoms with E-state index in [1.807, 2.05) is 17.0 Å². The minimum absolute atomic E-state index is 0.321. The summed E-state index contributed by atoms with van der Waals surface area (Å²) in [6.07, 6.45) is 3.68. The molecular formula is C21H14Cl2FN5. The van der Waals surface area contributed by atoms with Crippen LogP contribution in [0.5, 0.6) is 0 Å². The van der Waals surface area contributed by atoms with Crippen molar-refractivity contribution in [2.75, 3.05) is 23.3 Å². The van der Waals surface area contributed by atoms with Crippen LogP contribution in [-0.2, 0) is 0 Å². The van der Waals surface area contributed by atoms with Crippen molar-refractivity contribution in [1.29, 1.82) is 0 Å². The van der Waals surface area contributed by atoms with Crippen LogP contribution >= 0.6 is 23.2 Å². The van der Waals surface area contributed by atoms with Gasteiger partial charge in [-0.1, -0.05) is 41.4 Å². The third-order valence-electron chi connectivity index (χ3n) is 4.77. The van der Waals surface area contributed by atoms with Crippen LogP contribution in [0, 0.1) is 5.82 Å². The van der Waals surface area contributed by atoms with Crippen molar-refractivity contribution in [2.45, 2.75) is 0 Å². The number of benzene rings is 2. The Morgan fingerprint density at radius 1 is 1.10 bits per heavy atom. The van der Waals surface area contributed by atoms with E-state index in [-0.39, 0.29) is 5.82 Å². The fourth-order valence-corrected chi connectivity index (χ4v) is 3.96. The Balaban J connectivity index is 1.57. The molecule has 3 heterocycles. The summed E-state index contributed by atoms with van der Waals surface area (Å²) in [7, 11) is 0. The van der Waals surface area contributed by atoms with Gasteiger partial charge in [-0.05, 0) is 30.3 Å². The van der Waals surface area contributed by atoms with Gasteiger partial charge < -0.3 is 10.2 Å². The fourth-order valence-electron chi connectivity index (χ4n) is 3.45. The lowest BCUT2D eigenvalue weighted by Gasteiger charge is -2.28. The molecule has 0 radical (unpaired) electrons. The van der Waals surface area contributed by atoms with Crippen LogP contribution < -0.4 is 10.2 Å². The second-order valence-electron chi connectivity index (χ2n) is 6.62. The molecule has 0 aliphatic carbocycles. The number of nitrogens with zero attached hydrogens (tertiary/aromatic N) is 4. The molecule has 3 aromatic rings. The normalized spacial score (nSPS) is 14.8. The number of para-hydroxylation sites is 1. The predicted molar refractivity (Wildman–Crippen MR) is 116 cm³/mol. The standard InChI is InChI=1S/C21H14Cl2FN5/c22-13-5-6-14(16(23)10-13)15-9-12-11-26-21(27-18-4-2-1-3-17(18)24)28-19(12)29-8-7-25-20(15)29/h1-6,9-11H,7-8H2,(H,26,27,28). The second-order valence-corrected chi connectivity index (χ2v) is 7.46. The molecule has 0 unspecified atom stereocenters. The molecule has 0 bridgehead atoms. The minimum Gasteiger partial charge on any atom is -0.322 e. The average Bonchev–Trinajstić information content (AvgIpc) is 3.20. The van der Waals surface area contributed by atoms with Crippen molar-refractivity contribution < 1.29 is 4.39 Å². The average molecular weight is 426 g/mol. The van der Waals surface area contributed by atoms with Crippen LogP contribution in [0.25, 0.3) is 11.6 Å². The van der Waals surface area contributed by atoms with E-state index in [0.717, 1.165) is 28.4 Å². The smallest absolute Gasteiger partial charge is 0.229 e. The molecule has 0 fully saturated rings. The Labute approximate surface area is 176 Å². The van der Waals surface area contributed by atoms with Gasteiger partial charge in [-0.2, -0.15) is 4.98 Å². The lowest BCUT2D eigenvalue weighted by Crippen LogP contribution is -2.32. The lowest BCUT2D eigenvalue weighted by molar-refractivity contribution is 0.631. The zero-order chi connectivity index (χ0) is 20.0. The van der Waals surface area contributed by atoms with Crippen LogP contribution in [0.1, 0.15) is 11.1 Å². The van der Waals surface area contributed by atoms with Gasteiger partial charge in [0.05, 0.1) is 17.3 Å². The molecule has 144 valence electrons. The summed E-state index contributed by atoms with van der Waals surface area (Å²) in [6.45, 7) is 1.35. The second kappa shape index (κ2) is 7.13. The van der Waals surface area contributed by atoms with Crippen molar-refractivity contribution in [3.63, 3.8) is 0 Å². The van der Waals surface area contributed by atoms with Gasteiger partial charge in [-0.3, -0.25) is 4.99 Å². The first-order valence-electron chi connectivity index (χ1n) is 8.98. The molecule has 0 atom stereocenters. The number of nitrogens with one attached hydrogen (secondary N) is 1. The lowest BCUT2D eigenvalue weighted by atomic mass is 9.98. The summed E-state index contributed by atoms with van der Waals surface area (Å²) in [5.74, 6) is 1.49. The van der Waals surface area contributed by atoms with Gasteiger partial charge in [0.2, 0.25) is 5.95 Å². The first-order chi connectivity index (χ1) is 14.1. The van der Waals surface area contributed by atoms with E-state index in [9.17, 15) is 4.39 Å². The van der Waals surface area contributed by atoms with Crippen LogP contribution in [0.2, 0.25) is 10.0 Å². The Hall–Kier alpha value is -2.96. The Kier molecular flexibility index (Phi) is 4.45. The first-order valence-corrected chi connectivity index (χ1v) is 9.74. The van der Waals surface area contributed by atoms with Gasteiger partial charge in [-0.25, -0.2) is 9.37 Å². The monoisotopic (exact) mass is 425 g/mol. The summed E-state index contributed by atoms with van der Waals surface area (Å²) >= 11 is 12.5. The van der Waals surface area contributed by atoms with Crippen molar-refractivity contribution in [2.24, 2.45) is 4.99 Å². The molecule has 5 rings (SSSR count). The van der Waals surface area contributed by atoms with Gasteiger partial charge in [0.15, 0.2) is 0 Å². The number of fused-ring (bicyclic) bond motifs is 3. The molecule has 0 spiro atoms. The maximum atomic E-state index is 14.0. The number of anilines is 3. The molecule has 2 aliphatic rings. The van der Waals surface area contributed by atoms with Crippen LogP contribution in [0.15, 0.2) is 53.7 Å². The van der Waals surface area contributed by atoms with Gasteiger partial charge in [0, 0.05) is 34.5 Å². The topological polar surface area (TPSA) is 53.4 Å². The van der Waals surface area contributed by atoms with E-state index in [1.165, 1.54) is 6.07 Å². The third-order valence-corrected chi connectivity index (χ3v) is 5.32. The maximum absolute atomic E-state index is 14.0. The van der Waals surface area contributed by atoms with Crippen molar-refractivity contribution in [3.8, 4) is 0 Å². The molecule has 5 nitrogen and oxygen atoms in total. The van der Waals surface area contributed by atoms with Crippen molar-refractivity contribution in [3.05, 3.63) is 75.7 Å². The van der Waals surface area contributed by atoms with Crippen LogP contribution in [-0.4, -0.2) is 28.9 Å².